The molecule has 0 radical (unpaired) electrons. The Kier molecular flexibility index (Phi) is 2.53. The van der Waals surface area contributed by atoms with Crippen LogP contribution in [0, 0.1) is 0 Å². The summed E-state index contributed by atoms with van der Waals surface area (Å²) in [5, 5.41) is 6.72. The van der Waals surface area contributed by atoms with Gasteiger partial charge < -0.3 is 10.3 Å². The molecule has 0 bridgehead atoms. The topological polar surface area (TPSA) is 85.4 Å². The van der Waals surface area contributed by atoms with Gasteiger partial charge in [0.15, 0.2) is 0 Å². The van der Waals surface area contributed by atoms with Gasteiger partial charge in [-0.3, -0.25) is 5.10 Å². The summed E-state index contributed by atoms with van der Waals surface area (Å²) < 4.78 is 2.01. The molecule has 3 rings (SSSR count). The normalized spacial score (nSPS) is 10.7. The molecule has 0 aromatic carbocycles. The summed E-state index contributed by atoms with van der Waals surface area (Å²) in [5.74, 6) is 0.506. The number of imidazole rings is 1. The Morgan fingerprint density at radius 2 is 2.28 bits per heavy atom. The number of hydrogen-bond donors (Lipinski definition) is 2. The Bertz CT molecular complexity index is 640. The Balaban J connectivity index is 1.99. The summed E-state index contributed by atoms with van der Waals surface area (Å²) in [6.07, 6.45) is 8.88. The number of aromatic amines is 1. The van der Waals surface area contributed by atoms with E-state index < -0.39 is 0 Å². The summed E-state index contributed by atoms with van der Waals surface area (Å²) in [7, 11) is 0. The Labute approximate surface area is 104 Å². The van der Waals surface area contributed by atoms with Crippen molar-refractivity contribution in [3.8, 4) is 11.3 Å². The average molecular weight is 240 g/mol. The van der Waals surface area contributed by atoms with Gasteiger partial charge in [-0.15, -0.1) is 0 Å². The van der Waals surface area contributed by atoms with E-state index in [0.29, 0.717) is 12.4 Å². The molecule has 0 atom stereocenters. The highest BCUT2D eigenvalue weighted by Crippen LogP contribution is 2.23. The Hall–Kier alpha value is -2.63. The molecule has 0 saturated carbocycles. The van der Waals surface area contributed by atoms with Crippen molar-refractivity contribution in [2.75, 3.05) is 5.73 Å². The quantitative estimate of drug-likeness (QED) is 0.722. The van der Waals surface area contributed by atoms with E-state index >= 15 is 0 Å². The van der Waals surface area contributed by atoms with Gasteiger partial charge in [0, 0.05) is 23.5 Å². The van der Waals surface area contributed by atoms with Crippen molar-refractivity contribution >= 4 is 5.82 Å². The maximum atomic E-state index is 5.88. The molecular formula is C12H12N6. The van der Waals surface area contributed by atoms with Gasteiger partial charge in [0.2, 0.25) is 0 Å². The molecule has 3 aromatic heterocycles. The molecule has 0 aliphatic heterocycles. The van der Waals surface area contributed by atoms with Gasteiger partial charge in [-0.2, -0.15) is 5.10 Å². The SMILES string of the molecule is Nc1ncccc1-c1cncn1Cc1cn[nH]c1. The van der Waals surface area contributed by atoms with Crippen molar-refractivity contribution in [2.24, 2.45) is 0 Å². The molecule has 18 heavy (non-hydrogen) atoms. The van der Waals surface area contributed by atoms with E-state index in [1.54, 1.807) is 24.9 Å². The molecule has 0 unspecified atom stereocenters. The largest absolute Gasteiger partial charge is 0.383 e. The van der Waals surface area contributed by atoms with Gasteiger partial charge in [0.1, 0.15) is 5.82 Å². The summed E-state index contributed by atoms with van der Waals surface area (Å²) >= 11 is 0. The first-order valence-electron chi connectivity index (χ1n) is 5.53. The van der Waals surface area contributed by atoms with Gasteiger partial charge in [-0.1, -0.05) is 0 Å². The number of nitrogens with one attached hydrogen (secondary N) is 1. The molecule has 0 fully saturated rings. The highest BCUT2D eigenvalue weighted by Gasteiger charge is 2.09. The van der Waals surface area contributed by atoms with Crippen LogP contribution in [0.15, 0.2) is 43.2 Å². The van der Waals surface area contributed by atoms with E-state index in [0.717, 1.165) is 16.8 Å². The second-order valence-corrected chi connectivity index (χ2v) is 3.95. The molecule has 0 spiro atoms. The molecule has 3 aromatic rings. The van der Waals surface area contributed by atoms with Gasteiger partial charge in [-0.25, -0.2) is 9.97 Å². The van der Waals surface area contributed by atoms with Crippen molar-refractivity contribution in [3.63, 3.8) is 0 Å². The van der Waals surface area contributed by atoms with Crippen LogP contribution in [0.1, 0.15) is 5.56 Å². The lowest BCUT2D eigenvalue weighted by molar-refractivity contribution is 0.805. The second-order valence-electron chi connectivity index (χ2n) is 3.95. The third kappa shape index (κ3) is 1.84. The summed E-state index contributed by atoms with van der Waals surface area (Å²) in [6.45, 7) is 0.695. The number of hydrogen-bond acceptors (Lipinski definition) is 4. The highest BCUT2D eigenvalue weighted by molar-refractivity contribution is 5.70. The van der Waals surface area contributed by atoms with E-state index in [1.807, 2.05) is 22.9 Å². The minimum Gasteiger partial charge on any atom is -0.383 e. The number of nitrogens with zero attached hydrogens (tertiary/aromatic N) is 4. The van der Waals surface area contributed by atoms with Crippen LogP contribution in [0.4, 0.5) is 5.82 Å². The van der Waals surface area contributed by atoms with Gasteiger partial charge in [0.25, 0.3) is 0 Å². The lowest BCUT2D eigenvalue weighted by atomic mass is 10.2. The molecule has 3 heterocycles. The van der Waals surface area contributed by atoms with Gasteiger partial charge in [-0.05, 0) is 12.1 Å². The maximum absolute atomic E-state index is 5.88. The van der Waals surface area contributed by atoms with E-state index in [2.05, 4.69) is 20.2 Å². The maximum Gasteiger partial charge on any atom is 0.132 e. The van der Waals surface area contributed by atoms with Crippen LogP contribution in [-0.4, -0.2) is 24.7 Å². The molecule has 0 aliphatic carbocycles. The monoisotopic (exact) mass is 240 g/mol. The van der Waals surface area contributed by atoms with E-state index in [4.69, 9.17) is 5.73 Å². The Morgan fingerprint density at radius 3 is 3.06 bits per heavy atom. The molecule has 6 nitrogen and oxygen atoms in total. The lowest BCUT2D eigenvalue weighted by Crippen LogP contribution is -2.01. The van der Waals surface area contributed by atoms with Crippen LogP contribution < -0.4 is 5.73 Å². The van der Waals surface area contributed by atoms with Crippen LogP contribution in [0.2, 0.25) is 0 Å². The first-order valence-corrected chi connectivity index (χ1v) is 5.53. The van der Waals surface area contributed by atoms with Crippen LogP contribution in [0.5, 0.6) is 0 Å². The van der Waals surface area contributed by atoms with Crippen LogP contribution >= 0.6 is 0 Å². The van der Waals surface area contributed by atoms with Gasteiger partial charge >= 0.3 is 0 Å². The first-order chi connectivity index (χ1) is 8.84. The van der Waals surface area contributed by atoms with E-state index in [-0.39, 0.29) is 0 Å². The van der Waals surface area contributed by atoms with Crippen molar-refractivity contribution in [3.05, 3.63) is 48.8 Å². The minimum absolute atomic E-state index is 0.506. The number of nitrogens with two attached hydrogens (primary N) is 1. The fourth-order valence-corrected chi connectivity index (χ4v) is 1.87. The summed E-state index contributed by atoms with van der Waals surface area (Å²) in [6, 6.07) is 3.80. The standard InChI is InChI=1S/C12H12N6/c13-12-10(2-1-3-15-12)11-6-14-8-18(11)7-9-4-16-17-5-9/h1-6,8H,7H2,(H2,13,15)(H,16,17). The van der Waals surface area contributed by atoms with Crippen molar-refractivity contribution in [1.82, 2.24) is 24.7 Å². The summed E-state index contributed by atoms with van der Waals surface area (Å²) in [4.78, 5) is 8.26. The molecule has 0 saturated heterocycles. The summed E-state index contributed by atoms with van der Waals surface area (Å²) in [5.41, 5.74) is 8.80. The fourth-order valence-electron chi connectivity index (χ4n) is 1.87. The molecule has 3 N–H and O–H groups in total. The molecule has 90 valence electrons. The zero-order chi connectivity index (χ0) is 12.4. The third-order valence-corrected chi connectivity index (χ3v) is 2.73. The number of aromatic nitrogens is 5. The predicted octanol–water partition coefficient (Wildman–Crippen LogP) is 1.30. The molecule has 6 heteroatoms. The predicted molar refractivity (Wildman–Crippen MR) is 67.6 cm³/mol. The van der Waals surface area contributed by atoms with Crippen molar-refractivity contribution in [1.29, 1.82) is 0 Å². The zero-order valence-corrected chi connectivity index (χ0v) is 9.61. The van der Waals surface area contributed by atoms with Crippen molar-refractivity contribution in [2.45, 2.75) is 6.54 Å². The van der Waals surface area contributed by atoms with Gasteiger partial charge in [0.05, 0.1) is 31.0 Å². The fraction of sp³-hybridized carbons (Fsp3) is 0.0833. The Morgan fingerprint density at radius 1 is 1.33 bits per heavy atom. The van der Waals surface area contributed by atoms with E-state index in [9.17, 15) is 0 Å². The number of pyridine rings is 1. The average Bonchev–Trinajstić information content (AvgIpc) is 3.02. The second kappa shape index (κ2) is 4.33. The van der Waals surface area contributed by atoms with Crippen LogP contribution in [0.3, 0.4) is 0 Å². The number of nitrogen functional groups attached to an aromatic ring is 1. The van der Waals surface area contributed by atoms with Crippen LogP contribution in [0.25, 0.3) is 11.3 Å². The highest BCUT2D eigenvalue weighted by atomic mass is 15.1. The lowest BCUT2D eigenvalue weighted by Gasteiger charge is -2.08. The minimum atomic E-state index is 0.506. The molecule has 0 amide bonds. The number of rotatable bonds is 3. The molecular weight excluding hydrogens is 228 g/mol. The van der Waals surface area contributed by atoms with Crippen molar-refractivity contribution < 1.29 is 0 Å². The third-order valence-electron chi connectivity index (χ3n) is 2.73. The first kappa shape index (κ1) is 10.5. The molecule has 0 aliphatic rings. The van der Waals surface area contributed by atoms with E-state index in [1.165, 1.54) is 0 Å². The zero-order valence-electron chi connectivity index (χ0n) is 9.61. The van der Waals surface area contributed by atoms with Crippen LogP contribution in [-0.2, 0) is 6.54 Å². The smallest absolute Gasteiger partial charge is 0.132 e. The number of H-pyrrole nitrogens is 1. The number of anilines is 1.